The molecular weight excluding hydrogens is 324 g/mol. The van der Waals surface area contributed by atoms with Crippen molar-refractivity contribution >= 4 is 5.91 Å². The van der Waals surface area contributed by atoms with Gasteiger partial charge in [0.25, 0.3) is 5.91 Å². The van der Waals surface area contributed by atoms with Crippen LogP contribution in [-0.4, -0.2) is 61.1 Å². The van der Waals surface area contributed by atoms with Gasteiger partial charge in [-0.05, 0) is 55.8 Å². The Labute approximate surface area is 157 Å². The molecule has 3 saturated heterocycles. The highest BCUT2D eigenvalue weighted by molar-refractivity contribution is 5.94. The minimum Gasteiger partial charge on any atom is -0.379 e. The minimum atomic E-state index is 0.130. The number of amides is 1. The molecule has 4 rings (SSSR count). The van der Waals surface area contributed by atoms with Crippen molar-refractivity contribution in [3.63, 3.8) is 0 Å². The van der Waals surface area contributed by atoms with Crippen LogP contribution in [-0.2, 0) is 10.2 Å². The Morgan fingerprint density at radius 1 is 1.08 bits per heavy atom. The van der Waals surface area contributed by atoms with E-state index in [1.807, 2.05) is 17.0 Å². The minimum absolute atomic E-state index is 0.130. The molecule has 0 N–H and O–H groups in total. The third-order valence-electron chi connectivity index (χ3n) is 6.63. The summed E-state index contributed by atoms with van der Waals surface area (Å²) in [5.41, 5.74) is 2.23. The largest absolute Gasteiger partial charge is 0.379 e. The maximum Gasteiger partial charge on any atom is 0.253 e. The average Bonchev–Trinajstić information content (AvgIpc) is 2.66. The van der Waals surface area contributed by atoms with Gasteiger partial charge in [0.2, 0.25) is 0 Å². The quantitative estimate of drug-likeness (QED) is 0.833. The summed E-state index contributed by atoms with van der Waals surface area (Å²) in [4.78, 5) is 17.6. The van der Waals surface area contributed by atoms with Crippen LogP contribution in [0.3, 0.4) is 0 Å². The maximum atomic E-state index is 12.9. The molecule has 26 heavy (non-hydrogen) atoms. The van der Waals surface area contributed by atoms with E-state index in [4.69, 9.17) is 4.74 Å². The normalized spacial score (nSPS) is 27.2. The van der Waals surface area contributed by atoms with Crippen molar-refractivity contribution in [1.82, 2.24) is 9.80 Å². The summed E-state index contributed by atoms with van der Waals surface area (Å²) in [5, 5.41) is 0. The Balaban J connectivity index is 1.33. The van der Waals surface area contributed by atoms with E-state index in [-0.39, 0.29) is 11.3 Å². The first kappa shape index (κ1) is 18.0. The molecule has 1 amide bonds. The van der Waals surface area contributed by atoms with Gasteiger partial charge in [0, 0.05) is 36.7 Å². The lowest BCUT2D eigenvalue weighted by Crippen LogP contribution is -2.49. The molecule has 1 atom stereocenters. The number of rotatable bonds is 3. The number of hydrogen-bond donors (Lipinski definition) is 0. The van der Waals surface area contributed by atoms with Gasteiger partial charge in [-0.2, -0.15) is 0 Å². The molecule has 1 aromatic carbocycles. The third-order valence-corrected chi connectivity index (χ3v) is 6.63. The van der Waals surface area contributed by atoms with Gasteiger partial charge in [0.15, 0.2) is 0 Å². The zero-order valence-corrected chi connectivity index (χ0v) is 16.2. The van der Waals surface area contributed by atoms with Crippen LogP contribution in [0.2, 0.25) is 0 Å². The molecule has 4 heteroatoms. The Hall–Kier alpha value is -1.39. The van der Waals surface area contributed by atoms with E-state index in [1.54, 1.807) is 0 Å². The van der Waals surface area contributed by atoms with Gasteiger partial charge >= 0.3 is 0 Å². The molecule has 3 fully saturated rings. The fourth-order valence-corrected chi connectivity index (χ4v) is 4.76. The number of piperidine rings is 2. The first-order valence-corrected chi connectivity index (χ1v) is 10.3. The summed E-state index contributed by atoms with van der Waals surface area (Å²) in [5.74, 6) is 1.02. The van der Waals surface area contributed by atoms with Crippen LogP contribution in [0.5, 0.6) is 0 Å². The van der Waals surface area contributed by atoms with E-state index in [1.165, 1.54) is 31.5 Å². The Bertz CT molecular complexity index is 630. The number of carbonyl (C=O) groups is 1. The molecule has 3 aliphatic rings. The second-order valence-corrected chi connectivity index (χ2v) is 8.90. The Kier molecular flexibility index (Phi) is 5.07. The van der Waals surface area contributed by atoms with E-state index in [2.05, 4.69) is 30.9 Å². The van der Waals surface area contributed by atoms with E-state index in [9.17, 15) is 4.79 Å². The molecular formula is C22H32N2O2. The number of hydrogen-bond acceptors (Lipinski definition) is 3. The van der Waals surface area contributed by atoms with Gasteiger partial charge in [-0.15, -0.1) is 0 Å². The van der Waals surface area contributed by atoms with Crippen molar-refractivity contribution in [3.05, 3.63) is 35.4 Å². The molecule has 0 spiro atoms. The molecule has 0 radical (unpaired) electrons. The highest BCUT2D eigenvalue weighted by atomic mass is 16.5. The lowest BCUT2D eigenvalue weighted by molar-refractivity contribution is -0.0500. The molecule has 142 valence electrons. The molecule has 3 aliphatic heterocycles. The van der Waals surface area contributed by atoms with Crippen LogP contribution in [0.1, 0.15) is 55.5 Å². The van der Waals surface area contributed by atoms with Crippen molar-refractivity contribution in [2.75, 3.05) is 39.4 Å². The Morgan fingerprint density at radius 3 is 2.35 bits per heavy atom. The zero-order valence-electron chi connectivity index (χ0n) is 16.2. The highest BCUT2D eigenvalue weighted by Gasteiger charge is 2.35. The van der Waals surface area contributed by atoms with E-state index in [0.717, 1.165) is 50.6 Å². The van der Waals surface area contributed by atoms with Crippen molar-refractivity contribution in [3.8, 4) is 0 Å². The van der Waals surface area contributed by atoms with Crippen LogP contribution in [0, 0.1) is 5.92 Å². The summed E-state index contributed by atoms with van der Waals surface area (Å²) in [7, 11) is 0. The lowest BCUT2D eigenvalue weighted by Gasteiger charge is -2.42. The molecule has 0 bridgehead atoms. The lowest BCUT2D eigenvalue weighted by atomic mass is 9.80. The first-order chi connectivity index (χ1) is 12.5. The van der Waals surface area contributed by atoms with Gasteiger partial charge in [-0.25, -0.2) is 0 Å². The summed E-state index contributed by atoms with van der Waals surface area (Å²) in [6.45, 7) is 10.4. The van der Waals surface area contributed by atoms with Gasteiger partial charge in [-0.3, -0.25) is 9.69 Å². The predicted molar refractivity (Wildman–Crippen MR) is 104 cm³/mol. The molecule has 0 aromatic heterocycles. The Morgan fingerprint density at radius 2 is 1.77 bits per heavy atom. The van der Waals surface area contributed by atoms with Crippen LogP contribution in [0.15, 0.2) is 24.3 Å². The smallest absolute Gasteiger partial charge is 0.253 e. The fourth-order valence-electron chi connectivity index (χ4n) is 4.76. The molecule has 1 aromatic rings. The van der Waals surface area contributed by atoms with Crippen LogP contribution in [0.4, 0.5) is 0 Å². The van der Waals surface area contributed by atoms with Gasteiger partial charge in [0.1, 0.15) is 0 Å². The van der Waals surface area contributed by atoms with E-state index >= 15 is 0 Å². The van der Waals surface area contributed by atoms with E-state index < -0.39 is 0 Å². The summed E-state index contributed by atoms with van der Waals surface area (Å²) in [6, 6.07) is 8.89. The summed E-state index contributed by atoms with van der Waals surface area (Å²) in [6.07, 6.45) is 4.93. The van der Waals surface area contributed by atoms with Crippen LogP contribution >= 0.6 is 0 Å². The molecule has 0 aliphatic carbocycles. The van der Waals surface area contributed by atoms with Gasteiger partial charge < -0.3 is 9.64 Å². The molecule has 3 heterocycles. The summed E-state index contributed by atoms with van der Waals surface area (Å²) < 4.78 is 5.35. The number of nitrogens with zero attached hydrogens (tertiary/aromatic N) is 2. The number of ether oxygens (including phenoxy) is 1. The first-order valence-electron chi connectivity index (χ1n) is 10.3. The van der Waals surface area contributed by atoms with Crippen molar-refractivity contribution in [2.45, 2.75) is 51.0 Å². The SMILES string of the molecule is CC1CCCN(C2CCN(C(=O)c3ccc(C4(C)COC4)cc3)CC2)C1. The van der Waals surface area contributed by atoms with Crippen LogP contribution < -0.4 is 0 Å². The van der Waals surface area contributed by atoms with Crippen molar-refractivity contribution in [1.29, 1.82) is 0 Å². The fraction of sp³-hybridized carbons (Fsp3) is 0.682. The number of likely N-dealkylation sites (tertiary alicyclic amines) is 2. The highest BCUT2D eigenvalue weighted by Crippen LogP contribution is 2.32. The molecule has 4 nitrogen and oxygen atoms in total. The third kappa shape index (κ3) is 3.54. The van der Waals surface area contributed by atoms with Gasteiger partial charge in [-0.1, -0.05) is 26.0 Å². The van der Waals surface area contributed by atoms with Gasteiger partial charge in [0.05, 0.1) is 13.2 Å². The number of carbonyl (C=O) groups excluding carboxylic acids is 1. The molecule has 1 unspecified atom stereocenters. The number of benzene rings is 1. The second-order valence-electron chi connectivity index (χ2n) is 8.90. The average molecular weight is 357 g/mol. The summed E-state index contributed by atoms with van der Waals surface area (Å²) >= 11 is 0. The van der Waals surface area contributed by atoms with Crippen molar-refractivity contribution in [2.24, 2.45) is 5.92 Å². The van der Waals surface area contributed by atoms with Crippen molar-refractivity contribution < 1.29 is 9.53 Å². The predicted octanol–water partition coefficient (Wildman–Crippen LogP) is 3.31. The second kappa shape index (κ2) is 7.32. The topological polar surface area (TPSA) is 32.8 Å². The maximum absolute atomic E-state index is 12.9. The molecule has 0 saturated carbocycles. The van der Waals surface area contributed by atoms with Crippen LogP contribution in [0.25, 0.3) is 0 Å². The standard InChI is InChI=1S/C22H32N2O2/c1-17-4-3-11-24(14-17)20-9-12-23(13-10-20)21(25)18-5-7-19(8-6-18)22(2)15-26-16-22/h5-8,17,20H,3-4,9-16H2,1-2H3. The monoisotopic (exact) mass is 356 g/mol. The zero-order chi connectivity index (χ0) is 18.1. The van der Waals surface area contributed by atoms with E-state index in [0.29, 0.717) is 6.04 Å².